The van der Waals surface area contributed by atoms with Crippen molar-refractivity contribution in [3.05, 3.63) is 63.9 Å². The lowest BCUT2D eigenvalue weighted by Crippen LogP contribution is -2.18. The fourth-order valence-corrected chi connectivity index (χ4v) is 2.10. The second kappa shape index (κ2) is 6.20. The zero-order chi connectivity index (χ0) is 15.6. The van der Waals surface area contributed by atoms with Crippen molar-refractivity contribution in [2.75, 3.05) is 5.32 Å². The smallest absolute Gasteiger partial charge is 0.255 e. The average molecular weight is 323 g/mol. The Morgan fingerprint density at radius 3 is 2.62 bits per heavy atom. The predicted molar refractivity (Wildman–Crippen MR) is 86.4 cm³/mol. The van der Waals surface area contributed by atoms with E-state index in [2.05, 4.69) is 5.32 Å². The molecular weight excluding hydrogens is 311 g/mol. The molecule has 3 nitrogen and oxygen atoms in total. The van der Waals surface area contributed by atoms with E-state index in [0.717, 1.165) is 5.56 Å². The lowest BCUT2D eigenvalue weighted by Gasteiger charge is -2.11. The van der Waals surface area contributed by atoms with Gasteiger partial charge < -0.3 is 11.1 Å². The minimum Gasteiger partial charge on any atom is -0.389 e. The Morgan fingerprint density at radius 2 is 2.00 bits per heavy atom. The van der Waals surface area contributed by atoms with Crippen molar-refractivity contribution in [1.29, 1.82) is 0 Å². The van der Waals surface area contributed by atoms with Crippen LogP contribution in [0.5, 0.6) is 0 Å². The van der Waals surface area contributed by atoms with Crippen LogP contribution in [0.25, 0.3) is 0 Å². The Balaban J connectivity index is 2.31. The second-order valence-corrected chi connectivity index (χ2v) is 5.32. The molecule has 0 radical (unpaired) electrons. The van der Waals surface area contributed by atoms with Gasteiger partial charge in [-0.1, -0.05) is 23.8 Å². The van der Waals surface area contributed by atoms with Gasteiger partial charge in [0.05, 0.1) is 5.69 Å². The van der Waals surface area contributed by atoms with Gasteiger partial charge in [-0.2, -0.15) is 0 Å². The van der Waals surface area contributed by atoms with E-state index in [4.69, 9.17) is 29.6 Å². The number of aryl methyl sites for hydroxylation is 1. The number of halogens is 2. The van der Waals surface area contributed by atoms with Gasteiger partial charge in [-0.3, -0.25) is 4.79 Å². The van der Waals surface area contributed by atoms with Gasteiger partial charge >= 0.3 is 0 Å². The van der Waals surface area contributed by atoms with Crippen LogP contribution in [0.3, 0.4) is 0 Å². The molecule has 0 aliphatic carbocycles. The third-order valence-corrected chi connectivity index (χ3v) is 3.56. The number of hydrogen-bond donors (Lipinski definition) is 2. The van der Waals surface area contributed by atoms with Crippen molar-refractivity contribution >= 4 is 40.4 Å². The number of carbonyl (C=O) groups is 1. The van der Waals surface area contributed by atoms with Crippen molar-refractivity contribution in [3.63, 3.8) is 0 Å². The largest absolute Gasteiger partial charge is 0.389 e. The van der Waals surface area contributed by atoms with E-state index in [1.54, 1.807) is 25.1 Å². The summed E-state index contributed by atoms with van der Waals surface area (Å²) in [6.07, 6.45) is 0. The first kappa shape index (κ1) is 15.4. The first-order valence-corrected chi connectivity index (χ1v) is 6.84. The molecular formula is C15H12ClFN2OS. The fraction of sp³-hybridized carbons (Fsp3) is 0.0667. The first-order valence-electron chi connectivity index (χ1n) is 6.05. The van der Waals surface area contributed by atoms with Crippen LogP contribution in [-0.4, -0.2) is 10.9 Å². The minimum absolute atomic E-state index is 0.0112. The van der Waals surface area contributed by atoms with Crippen LogP contribution in [0, 0.1) is 12.7 Å². The van der Waals surface area contributed by atoms with Crippen molar-refractivity contribution in [3.8, 4) is 0 Å². The Hall–Kier alpha value is -1.98. The van der Waals surface area contributed by atoms with E-state index in [0.29, 0.717) is 16.3 Å². The molecule has 2 aromatic rings. The monoisotopic (exact) mass is 322 g/mol. The van der Waals surface area contributed by atoms with Crippen LogP contribution in [0.15, 0.2) is 36.4 Å². The molecule has 0 heterocycles. The van der Waals surface area contributed by atoms with Gasteiger partial charge in [0.1, 0.15) is 10.8 Å². The first-order chi connectivity index (χ1) is 9.88. The summed E-state index contributed by atoms with van der Waals surface area (Å²) >= 11 is 10.8. The third-order valence-electron chi connectivity index (χ3n) is 2.92. The van der Waals surface area contributed by atoms with Gasteiger partial charge in [0.15, 0.2) is 0 Å². The molecule has 2 rings (SSSR count). The van der Waals surface area contributed by atoms with Gasteiger partial charge in [0, 0.05) is 16.1 Å². The number of amides is 1. The molecule has 0 unspecified atom stereocenters. The Morgan fingerprint density at radius 1 is 1.29 bits per heavy atom. The van der Waals surface area contributed by atoms with Gasteiger partial charge in [0.25, 0.3) is 5.91 Å². The SMILES string of the molecule is Cc1cc(C(=O)Nc2ccc(F)cc2C(N)=S)ccc1Cl. The Labute approximate surface area is 131 Å². The highest BCUT2D eigenvalue weighted by molar-refractivity contribution is 7.80. The normalized spacial score (nSPS) is 10.2. The number of nitrogens with one attached hydrogen (secondary N) is 1. The highest BCUT2D eigenvalue weighted by atomic mass is 35.5. The molecule has 0 aliphatic rings. The summed E-state index contributed by atoms with van der Waals surface area (Å²) in [5.74, 6) is -0.822. The Kier molecular flexibility index (Phi) is 4.55. The molecule has 1 amide bonds. The molecule has 6 heteroatoms. The van der Waals surface area contributed by atoms with E-state index in [1.807, 2.05) is 0 Å². The van der Waals surface area contributed by atoms with E-state index in [9.17, 15) is 9.18 Å². The number of rotatable bonds is 3. The molecule has 2 aromatic carbocycles. The summed E-state index contributed by atoms with van der Waals surface area (Å²) in [5, 5.41) is 3.25. The summed E-state index contributed by atoms with van der Waals surface area (Å²) in [4.78, 5) is 12.2. The second-order valence-electron chi connectivity index (χ2n) is 4.47. The maximum atomic E-state index is 13.2. The van der Waals surface area contributed by atoms with Crippen molar-refractivity contribution in [2.45, 2.75) is 6.92 Å². The predicted octanol–water partition coefficient (Wildman–Crippen LogP) is 3.67. The Bertz CT molecular complexity index is 734. The zero-order valence-corrected chi connectivity index (χ0v) is 12.7. The molecule has 3 N–H and O–H groups in total. The van der Waals surface area contributed by atoms with Gasteiger partial charge in [-0.15, -0.1) is 0 Å². The van der Waals surface area contributed by atoms with Crippen LogP contribution >= 0.6 is 23.8 Å². The average Bonchev–Trinajstić information content (AvgIpc) is 2.43. The quantitative estimate of drug-likeness (QED) is 0.848. The number of hydrogen-bond acceptors (Lipinski definition) is 2. The van der Waals surface area contributed by atoms with Crippen molar-refractivity contribution in [1.82, 2.24) is 0 Å². The molecule has 0 bridgehead atoms. The number of benzene rings is 2. The van der Waals surface area contributed by atoms with Crippen LogP contribution in [-0.2, 0) is 0 Å². The highest BCUT2D eigenvalue weighted by Crippen LogP contribution is 2.20. The highest BCUT2D eigenvalue weighted by Gasteiger charge is 2.12. The molecule has 0 saturated carbocycles. The standard InChI is InChI=1S/C15H12ClFN2OS/c1-8-6-9(2-4-12(8)16)15(20)19-13-5-3-10(17)7-11(13)14(18)21/h2-7H,1H3,(H2,18,21)(H,19,20). The van der Waals surface area contributed by atoms with Gasteiger partial charge in [-0.25, -0.2) is 4.39 Å². The number of anilines is 1. The molecule has 21 heavy (non-hydrogen) atoms. The molecule has 0 aliphatic heterocycles. The third kappa shape index (κ3) is 3.56. The molecule has 108 valence electrons. The van der Waals surface area contributed by atoms with E-state index >= 15 is 0 Å². The summed E-state index contributed by atoms with van der Waals surface area (Å²) in [6.45, 7) is 1.80. The van der Waals surface area contributed by atoms with Crippen molar-refractivity contribution < 1.29 is 9.18 Å². The lowest BCUT2D eigenvalue weighted by molar-refractivity contribution is 0.102. The summed E-state index contributed by atoms with van der Waals surface area (Å²) in [5.41, 5.74) is 7.41. The molecule has 0 aromatic heterocycles. The van der Waals surface area contributed by atoms with E-state index in [-0.39, 0.29) is 16.5 Å². The minimum atomic E-state index is -0.474. The van der Waals surface area contributed by atoms with Crippen molar-refractivity contribution in [2.24, 2.45) is 5.73 Å². The van der Waals surface area contributed by atoms with Crippen LogP contribution in [0.1, 0.15) is 21.5 Å². The maximum Gasteiger partial charge on any atom is 0.255 e. The zero-order valence-electron chi connectivity index (χ0n) is 11.1. The van der Waals surface area contributed by atoms with Gasteiger partial charge in [0.2, 0.25) is 0 Å². The lowest BCUT2D eigenvalue weighted by atomic mass is 10.1. The molecule has 0 spiro atoms. The maximum absolute atomic E-state index is 13.2. The molecule has 0 fully saturated rings. The van der Waals surface area contributed by atoms with E-state index < -0.39 is 5.82 Å². The van der Waals surface area contributed by atoms with E-state index in [1.165, 1.54) is 18.2 Å². The van der Waals surface area contributed by atoms with Gasteiger partial charge in [-0.05, 0) is 48.9 Å². The number of thiocarbonyl (C=S) groups is 1. The summed E-state index contributed by atoms with van der Waals surface area (Å²) in [7, 11) is 0. The molecule has 0 saturated heterocycles. The summed E-state index contributed by atoms with van der Waals surface area (Å²) < 4.78 is 13.2. The number of nitrogens with two attached hydrogens (primary N) is 1. The fourth-order valence-electron chi connectivity index (χ4n) is 1.81. The topological polar surface area (TPSA) is 55.1 Å². The van der Waals surface area contributed by atoms with Crippen LogP contribution in [0.2, 0.25) is 5.02 Å². The van der Waals surface area contributed by atoms with Crippen LogP contribution < -0.4 is 11.1 Å². The summed E-state index contributed by atoms with van der Waals surface area (Å²) in [6, 6.07) is 8.75. The molecule has 0 atom stereocenters. The number of carbonyl (C=O) groups excluding carboxylic acids is 1. The van der Waals surface area contributed by atoms with Crippen LogP contribution in [0.4, 0.5) is 10.1 Å².